The summed E-state index contributed by atoms with van der Waals surface area (Å²) in [5, 5.41) is -0.164. The van der Waals surface area contributed by atoms with Crippen LogP contribution in [0.1, 0.15) is 45.4 Å². The zero-order chi connectivity index (χ0) is 16.7. The molecule has 3 aliphatic carbocycles. The van der Waals surface area contributed by atoms with Crippen LogP contribution in [0.4, 0.5) is 0 Å². The van der Waals surface area contributed by atoms with E-state index in [9.17, 15) is 13.2 Å². The van der Waals surface area contributed by atoms with Gasteiger partial charge in [-0.25, -0.2) is 12.7 Å². The maximum absolute atomic E-state index is 13.2. The molecule has 132 valence electrons. The average Bonchev–Trinajstić information content (AvgIpc) is 3.43. The van der Waals surface area contributed by atoms with Crippen LogP contribution >= 0.6 is 0 Å². The Morgan fingerprint density at radius 2 is 1.92 bits per heavy atom. The molecule has 0 unspecified atom stereocenters. The predicted octanol–water partition coefficient (Wildman–Crippen LogP) is 1.23. The minimum Gasteiger partial charge on any atom is -0.298 e. The Bertz CT molecular complexity index is 725. The highest BCUT2D eigenvalue weighted by atomic mass is 32.2. The third kappa shape index (κ3) is 2.06. The van der Waals surface area contributed by atoms with Crippen LogP contribution in [0.3, 0.4) is 0 Å². The van der Waals surface area contributed by atoms with Crippen molar-refractivity contribution in [1.82, 2.24) is 9.21 Å². The van der Waals surface area contributed by atoms with Gasteiger partial charge in [-0.15, -0.1) is 0 Å². The minimum atomic E-state index is -3.15. The first-order valence-electron chi connectivity index (χ1n) is 9.29. The lowest BCUT2D eigenvalue weighted by Gasteiger charge is -2.28. The van der Waals surface area contributed by atoms with Gasteiger partial charge in [0.25, 0.3) is 5.91 Å². The van der Waals surface area contributed by atoms with Crippen LogP contribution in [-0.2, 0) is 14.8 Å². The fourth-order valence-corrected chi connectivity index (χ4v) is 6.92. The third-order valence-electron chi connectivity index (χ3n) is 6.73. The van der Waals surface area contributed by atoms with Gasteiger partial charge in [0, 0.05) is 25.6 Å². The highest BCUT2D eigenvalue weighted by Gasteiger charge is 2.62. The van der Waals surface area contributed by atoms with Crippen molar-refractivity contribution < 1.29 is 13.2 Å². The molecule has 2 aliphatic heterocycles. The standard InChI is InChI=1S/C17H25N3O3S/c1-11-18-17(16(21)20(11)8-12-2-3-12)7-6-13-9-19(10-15(13)17)24(22,23)14-4-5-14/h12-15H,2-10H2,1H3/t13-,15+,17-/m1/s1. The molecule has 1 spiro atoms. The fraction of sp³-hybridized carbons (Fsp3) is 0.882. The lowest BCUT2D eigenvalue weighted by Crippen LogP contribution is -2.47. The molecule has 6 nitrogen and oxygen atoms in total. The molecular formula is C17H25N3O3S. The van der Waals surface area contributed by atoms with Crippen molar-refractivity contribution in [3.05, 3.63) is 0 Å². The van der Waals surface area contributed by atoms with Gasteiger partial charge >= 0.3 is 0 Å². The molecule has 24 heavy (non-hydrogen) atoms. The summed E-state index contributed by atoms with van der Waals surface area (Å²) in [7, 11) is -3.15. The summed E-state index contributed by atoms with van der Waals surface area (Å²) in [5.74, 6) is 1.99. The minimum absolute atomic E-state index is 0.0673. The molecule has 5 aliphatic rings. The second-order valence-electron chi connectivity index (χ2n) is 8.41. The van der Waals surface area contributed by atoms with Gasteiger partial charge in [-0.2, -0.15) is 0 Å². The number of hydrogen-bond acceptors (Lipinski definition) is 4. The zero-order valence-electron chi connectivity index (χ0n) is 14.1. The highest BCUT2D eigenvalue weighted by molar-refractivity contribution is 7.90. The first-order chi connectivity index (χ1) is 11.4. The molecule has 0 aromatic heterocycles. The summed E-state index contributed by atoms with van der Waals surface area (Å²) < 4.78 is 26.8. The largest absolute Gasteiger partial charge is 0.298 e. The number of rotatable bonds is 4. The molecule has 4 fully saturated rings. The van der Waals surface area contributed by atoms with E-state index in [1.54, 1.807) is 4.31 Å². The van der Waals surface area contributed by atoms with E-state index in [1.807, 2.05) is 11.8 Å². The first kappa shape index (κ1) is 15.3. The van der Waals surface area contributed by atoms with Crippen molar-refractivity contribution in [2.45, 2.75) is 56.2 Å². The van der Waals surface area contributed by atoms with Crippen molar-refractivity contribution in [2.24, 2.45) is 22.7 Å². The monoisotopic (exact) mass is 351 g/mol. The molecule has 0 bridgehead atoms. The molecule has 0 radical (unpaired) electrons. The summed E-state index contributed by atoms with van der Waals surface area (Å²) in [6, 6.07) is 0. The van der Waals surface area contributed by atoms with E-state index in [2.05, 4.69) is 0 Å². The van der Waals surface area contributed by atoms with Crippen molar-refractivity contribution in [2.75, 3.05) is 19.6 Å². The number of fused-ring (bicyclic) bond motifs is 2. The van der Waals surface area contributed by atoms with Crippen LogP contribution in [0.25, 0.3) is 0 Å². The maximum atomic E-state index is 13.2. The van der Waals surface area contributed by atoms with Crippen LogP contribution in [-0.4, -0.2) is 59.8 Å². The second-order valence-corrected chi connectivity index (χ2v) is 10.6. The molecule has 3 saturated carbocycles. The van der Waals surface area contributed by atoms with Crippen molar-refractivity contribution in [3.63, 3.8) is 0 Å². The third-order valence-corrected chi connectivity index (χ3v) is 9.06. The smallest absolute Gasteiger partial charge is 0.256 e. The van der Waals surface area contributed by atoms with Crippen molar-refractivity contribution in [3.8, 4) is 0 Å². The van der Waals surface area contributed by atoms with Gasteiger partial charge in [-0.05, 0) is 57.3 Å². The number of nitrogens with zero attached hydrogens (tertiary/aromatic N) is 3. The number of amidine groups is 1. The van der Waals surface area contributed by atoms with Gasteiger partial charge < -0.3 is 0 Å². The lowest BCUT2D eigenvalue weighted by molar-refractivity contribution is -0.132. The Morgan fingerprint density at radius 1 is 1.17 bits per heavy atom. The van der Waals surface area contributed by atoms with Gasteiger partial charge in [0.1, 0.15) is 11.4 Å². The van der Waals surface area contributed by atoms with Crippen LogP contribution in [0.5, 0.6) is 0 Å². The van der Waals surface area contributed by atoms with E-state index >= 15 is 0 Å². The Morgan fingerprint density at radius 3 is 2.58 bits per heavy atom. The summed E-state index contributed by atoms with van der Waals surface area (Å²) in [5.41, 5.74) is -0.669. The van der Waals surface area contributed by atoms with E-state index < -0.39 is 15.6 Å². The fourth-order valence-electron chi connectivity index (χ4n) is 5.00. The number of sulfonamides is 1. The number of hydrogen-bond donors (Lipinski definition) is 0. The first-order valence-corrected chi connectivity index (χ1v) is 10.8. The number of carbonyl (C=O) groups excluding carboxylic acids is 1. The summed E-state index contributed by atoms with van der Waals surface area (Å²) in [6.07, 6.45) is 5.72. The molecule has 5 rings (SSSR count). The Kier molecular flexibility index (Phi) is 3.07. The summed E-state index contributed by atoms with van der Waals surface area (Å²) >= 11 is 0. The Hall–Kier alpha value is -0.950. The zero-order valence-corrected chi connectivity index (χ0v) is 15.0. The molecule has 3 atom stereocenters. The second kappa shape index (κ2) is 4.81. The molecule has 1 amide bonds. The number of carbonyl (C=O) groups is 1. The Labute approximate surface area is 143 Å². The predicted molar refractivity (Wildman–Crippen MR) is 90.0 cm³/mol. The van der Waals surface area contributed by atoms with E-state index in [1.165, 1.54) is 12.8 Å². The number of amides is 1. The van der Waals surface area contributed by atoms with Crippen LogP contribution < -0.4 is 0 Å². The summed E-state index contributed by atoms with van der Waals surface area (Å²) in [4.78, 5) is 19.9. The summed E-state index contributed by atoms with van der Waals surface area (Å²) in [6.45, 7) is 3.83. The molecule has 0 N–H and O–H groups in total. The Balaban J connectivity index is 1.41. The number of aliphatic imine (C=N–C) groups is 1. The van der Waals surface area contributed by atoms with Gasteiger partial charge in [-0.1, -0.05) is 0 Å². The van der Waals surface area contributed by atoms with Crippen LogP contribution in [0, 0.1) is 17.8 Å². The topological polar surface area (TPSA) is 70.0 Å². The van der Waals surface area contributed by atoms with E-state index in [0.29, 0.717) is 24.9 Å². The SMILES string of the molecule is CC1=N[C@@]2(CC[C@@H]3CN(S(=O)(=O)C4CC4)C[C@@H]32)C(=O)N1CC1CC1. The quantitative estimate of drug-likeness (QED) is 0.765. The maximum Gasteiger partial charge on any atom is 0.256 e. The van der Waals surface area contributed by atoms with Crippen molar-refractivity contribution in [1.29, 1.82) is 0 Å². The van der Waals surface area contributed by atoms with Gasteiger partial charge in [0.2, 0.25) is 10.0 Å². The van der Waals surface area contributed by atoms with Crippen LogP contribution in [0.15, 0.2) is 4.99 Å². The van der Waals surface area contributed by atoms with E-state index in [-0.39, 0.29) is 17.1 Å². The van der Waals surface area contributed by atoms with Gasteiger partial charge in [-0.3, -0.25) is 14.7 Å². The molecule has 0 aromatic rings. The van der Waals surface area contributed by atoms with E-state index in [4.69, 9.17) is 4.99 Å². The van der Waals surface area contributed by atoms with E-state index in [0.717, 1.165) is 38.1 Å². The van der Waals surface area contributed by atoms with Crippen molar-refractivity contribution >= 4 is 21.8 Å². The highest BCUT2D eigenvalue weighted by Crippen LogP contribution is 2.52. The molecule has 7 heteroatoms. The molecule has 2 heterocycles. The normalized spacial score (nSPS) is 39.8. The molecular weight excluding hydrogens is 326 g/mol. The average molecular weight is 351 g/mol. The molecule has 1 saturated heterocycles. The lowest BCUT2D eigenvalue weighted by atomic mass is 9.85. The van der Waals surface area contributed by atoms with Gasteiger partial charge in [0.05, 0.1) is 5.25 Å². The molecule has 0 aromatic carbocycles. The van der Waals surface area contributed by atoms with Gasteiger partial charge in [0.15, 0.2) is 0 Å². The van der Waals surface area contributed by atoms with Crippen LogP contribution in [0.2, 0.25) is 0 Å².